The quantitative estimate of drug-likeness (QED) is 0.836. The van der Waals surface area contributed by atoms with Gasteiger partial charge in [-0.1, -0.05) is 0 Å². The van der Waals surface area contributed by atoms with Crippen LogP contribution in [0.3, 0.4) is 0 Å². The molecule has 0 aliphatic carbocycles. The molecular weight excluding hydrogens is 228 g/mol. The molecule has 1 heterocycles. The maximum atomic E-state index is 12.0. The number of rotatable bonds is 4. The van der Waals surface area contributed by atoms with Crippen LogP contribution in [0.15, 0.2) is 29.4 Å². The van der Waals surface area contributed by atoms with Gasteiger partial charge in [0.25, 0.3) is 0 Å². The van der Waals surface area contributed by atoms with E-state index in [1.807, 2.05) is 0 Å². The van der Waals surface area contributed by atoms with Gasteiger partial charge >= 0.3 is 0 Å². The average molecular weight is 244 g/mol. The first-order chi connectivity index (χ1) is 7.23. The Balaban J connectivity index is 2.96. The van der Waals surface area contributed by atoms with Gasteiger partial charge in [0.1, 0.15) is 4.90 Å². The standard InChI is InChI=1S/C10H16N2O3S/c1-10(2,13)8-12(3)16(14,15)9-5-4-6-11-7-9/h4-7,13H,8H2,1-3H3. The molecule has 16 heavy (non-hydrogen) atoms. The monoisotopic (exact) mass is 244 g/mol. The first kappa shape index (κ1) is 13.1. The molecule has 90 valence electrons. The van der Waals surface area contributed by atoms with Crippen LogP contribution in [-0.4, -0.2) is 42.0 Å². The van der Waals surface area contributed by atoms with Gasteiger partial charge in [0.05, 0.1) is 5.60 Å². The largest absolute Gasteiger partial charge is 0.389 e. The Morgan fingerprint density at radius 3 is 2.56 bits per heavy atom. The molecule has 1 N–H and O–H groups in total. The summed E-state index contributed by atoms with van der Waals surface area (Å²) in [6, 6.07) is 3.04. The summed E-state index contributed by atoms with van der Waals surface area (Å²) in [6.45, 7) is 3.15. The van der Waals surface area contributed by atoms with Gasteiger partial charge in [-0.25, -0.2) is 8.42 Å². The van der Waals surface area contributed by atoms with Crippen LogP contribution in [0.1, 0.15) is 13.8 Å². The Morgan fingerprint density at radius 2 is 2.12 bits per heavy atom. The zero-order chi connectivity index (χ0) is 12.4. The lowest BCUT2D eigenvalue weighted by atomic mass is 10.1. The third kappa shape index (κ3) is 3.26. The highest BCUT2D eigenvalue weighted by Gasteiger charge is 2.26. The Kier molecular flexibility index (Phi) is 3.67. The Labute approximate surface area is 95.8 Å². The van der Waals surface area contributed by atoms with Crippen molar-refractivity contribution in [1.29, 1.82) is 0 Å². The average Bonchev–Trinajstić information content (AvgIpc) is 2.16. The minimum absolute atomic E-state index is 0.0320. The van der Waals surface area contributed by atoms with Crippen LogP contribution in [0.25, 0.3) is 0 Å². The molecule has 0 aromatic carbocycles. The van der Waals surface area contributed by atoms with Gasteiger partial charge in [0, 0.05) is 26.0 Å². The number of sulfonamides is 1. The van der Waals surface area contributed by atoms with Crippen LogP contribution in [-0.2, 0) is 10.0 Å². The van der Waals surface area contributed by atoms with E-state index in [0.29, 0.717) is 0 Å². The summed E-state index contributed by atoms with van der Waals surface area (Å²) in [6.07, 6.45) is 2.80. The van der Waals surface area contributed by atoms with E-state index >= 15 is 0 Å². The van der Waals surface area contributed by atoms with Crippen molar-refractivity contribution in [2.24, 2.45) is 0 Å². The Hall–Kier alpha value is -0.980. The molecule has 0 fully saturated rings. The van der Waals surface area contributed by atoms with E-state index in [4.69, 9.17) is 0 Å². The topological polar surface area (TPSA) is 70.5 Å². The summed E-state index contributed by atoms with van der Waals surface area (Å²) in [4.78, 5) is 3.89. The molecule has 0 radical (unpaired) electrons. The lowest BCUT2D eigenvalue weighted by molar-refractivity contribution is 0.0640. The van der Waals surface area contributed by atoms with Crippen molar-refractivity contribution in [1.82, 2.24) is 9.29 Å². The fraction of sp³-hybridized carbons (Fsp3) is 0.500. The zero-order valence-electron chi connectivity index (χ0n) is 9.58. The fourth-order valence-corrected chi connectivity index (χ4v) is 2.60. The minimum Gasteiger partial charge on any atom is -0.389 e. The van der Waals surface area contributed by atoms with Crippen LogP contribution in [0.4, 0.5) is 0 Å². The van der Waals surface area contributed by atoms with Crippen LogP contribution in [0.5, 0.6) is 0 Å². The van der Waals surface area contributed by atoms with Crippen molar-refractivity contribution in [3.63, 3.8) is 0 Å². The normalized spacial score (nSPS) is 13.1. The lowest BCUT2D eigenvalue weighted by Crippen LogP contribution is -2.39. The SMILES string of the molecule is CN(CC(C)(C)O)S(=O)(=O)c1cccnc1. The van der Waals surface area contributed by atoms with Gasteiger partial charge in [-0.05, 0) is 26.0 Å². The molecule has 6 heteroatoms. The summed E-state index contributed by atoms with van der Waals surface area (Å²) < 4.78 is 25.1. The number of aliphatic hydroxyl groups is 1. The number of aromatic nitrogens is 1. The number of hydrogen-bond donors (Lipinski definition) is 1. The second-order valence-electron chi connectivity index (χ2n) is 4.26. The summed E-state index contributed by atoms with van der Waals surface area (Å²) in [7, 11) is -2.13. The Bertz CT molecular complexity index is 437. The van der Waals surface area contributed by atoms with Gasteiger partial charge in [-0.3, -0.25) is 4.98 Å². The van der Waals surface area contributed by atoms with E-state index in [-0.39, 0.29) is 11.4 Å². The van der Waals surface area contributed by atoms with Gasteiger partial charge in [-0.15, -0.1) is 0 Å². The third-order valence-corrected chi connectivity index (χ3v) is 3.74. The second-order valence-corrected chi connectivity index (χ2v) is 6.31. The number of pyridine rings is 1. The van der Waals surface area contributed by atoms with E-state index < -0.39 is 15.6 Å². The zero-order valence-corrected chi connectivity index (χ0v) is 10.4. The lowest BCUT2D eigenvalue weighted by Gasteiger charge is -2.24. The predicted octanol–water partition coefficient (Wildman–Crippen LogP) is 0.473. The summed E-state index contributed by atoms with van der Waals surface area (Å²) >= 11 is 0. The number of nitrogens with zero attached hydrogens (tertiary/aromatic N) is 2. The van der Waals surface area contributed by atoms with E-state index in [0.717, 1.165) is 4.31 Å². The van der Waals surface area contributed by atoms with E-state index in [1.165, 1.54) is 25.5 Å². The van der Waals surface area contributed by atoms with E-state index in [9.17, 15) is 13.5 Å². The molecule has 0 unspecified atom stereocenters. The van der Waals surface area contributed by atoms with E-state index in [2.05, 4.69) is 4.98 Å². The maximum Gasteiger partial charge on any atom is 0.244 e. The molecule has 1 rings (SSSR count). The minimum atomic E-state index is -3.56. The van der Waals surface area contributed by atoms with Crippen LogP contribution < -0.4 is 0 Å². The highest BCUT2D eigenvalue weighted by molar-refractivity contribution is 7.89. The highest BCUT2D eigenvalue weighted by atomic mass is 32.2. The molecule has 0 bridgehead atoms. The smallest absolute Gasteiger partial charge is 0.244 e. The molecule has 0 aliphatic heterocycles. The molecule has 1 aromatic rings. The van der Waals surface area contributed by atoms with Crippen LogP contribution in [0, 0.1) is 0 Å². The van der Waals surface area contributed by atoms with Crippen molar-refractivity contribution in [3.05, 3.63) is 24.5 Å². The second kappa shape index (κ2) is 4.48. The van der Waals surface area contributed by atoms with Crippen molar-refractivity contribution in [3.8, 4) is 0 Å². The van der Waals surface area contributed by atoms with Gasteiger partial charge in [0.15, 0.2) is 0 Å². The van der Waals surface area contributed by atoms with Crippen LogP contribution >= 0.6 is 0 Å². The van der Waals surface area contributed by atoms with Gasteiger partial charge in [-0.2, -0.15) is 4.31 Å². The molecule has 1 aromatic heterocycles. The van der Waals surface area contributed by atoms with Gasteiger partial charge in [0.2, 0.25) is 10.0 Å². The molecule has 0 amide bonds. The van der Waals surface area contributed by atoms with Crippen LogP contribution in [0.2, 0.25) is 0 Å². The first-order valence-electron chi connectivity index (χ1n) is 4.82. The van der Waals surface area contributed by atoms with Crippen molar-refractivity contribution >= 4 is 10.0 Å². The molecule has 0 spiro atoms. The number of hydrogen-bond acceptors (Lipinski definition) is 4. The summed E-state index contributed by atoms with van der Waals surface area (Å²) in [5.41, 5.74) is -1.07. The predicted molar refractivity (Wildman–Crippen MR) is 60.4 cm³/mol. The molecule has 0 saturated carbocycles. The molecule has 0 atom stereocenters. The number of likely N-dealkylation sites (N-methyl/N-ethyl adjacent to an activating group) is 1. The highest BCUT2D eigenvalue weighted by Crippen LogP contribution is 2.15. The Morgan fingerprint density at radius 1 is 1.50 bits per heavy atom. The molecule has 5 nitrogen and oxygen atoms in total. The fourth-order valence-electron chi connectivity index (χ4n) is 1.31. The maximum absolute atomic E-state index is 12.0. The van der Waals surface area contributed by atoms with Gasteiger partial charge < -0.3 is 5.11 Å². The van der Waals surface area contributed by atoms with E-state index in [1.54, 1.807) is 19.9 Å². The first-order valence-corrected chi connectivity index (χ1v) is 6.26. The molecule has 0 aliphatic rings. The summed E-state index contributed by atoms with van der Waals surface area (Å²) in [5.74, 6) is 0. The molecule has 0 saturated heterocycles. The molecular formula is C10H16N2O3S. The van der Waals surface area contributed by atoms with Crippen molar-refractivity contribution in [2.75, 3.05) is 13.6 Å². The summed E-state index contributed by atoms with van der Waals surface area (Å²) in [5, 5.41) is 9.58. The van der Waals surface area contributed by atoms with Crippen molar-refractivity contribution in [2.45, 2.75) is 24.3 Å². The van der Waals surface area contributed by atoms with Crippen molar-refractivity contribution < 1.29 is 13.5 Å². The third-order valence-electron chi connectivity index (χ3n) is 1.95.